The number of ether oxygens (including phenoxy) is 2. The third-order valence-electron chi connectivity index (χ3n) is 6.29. The minimum Gasteiger partial charge on any atom is -0.464 e. The third-order valence-corrected chi connectivity index (χ3v) is 6.29. The Hall–Kier alpha value is -4.72. The molecule has 0 radical (unpaired) electrons. The van der Waals surface area contributed by atoms with Crippen LogP contribution in [-0.4, -0.2) is 54.1 Å². The average molecular weight is 541 g/mol. The molecule has 4 rings (SSSR count). The van der Waals surface area contributed by atoms with Gasteiger partial charge < -0.3 is 14.4 Å². The Morgan fingerprint density at radius 3 is 2.02 bits per heavy atom. The normalized spacial score (nSPS) is 11.2. The second kappa shape index (κ2) is 11.2. The van der Waals surface area contributed by atoms with Gasteiger partial charge in [-0.25, -0.2) is 9.59 Å². The monoisotopic (exact) mass is 540 g/mol. The summed E-state index contributed by atoms with van der Waals surface area (Å²) < 4.78 is 12.0. The molecule has 0 fully saturated rings. The quantitative estimate of drug-likeness (QED) is 0.314. The highest BCUT2D eigenvalue weighted by Gasteiger charge is 2.25. The van der Waals surface area contributed by atoms with Crippen molar-refractivity contribution < 1.29 is 23.9 Å². The molecule has 0 aliphatic carbocycles. The van der Waals surface area contributed by atoms with Gasteiger partial charge in [-0.1, -0.05) is 42.5 Å². The molecule has 0 saturated heterocycles. The number of nitrogens with zero attached hydrogens (tertiary/aromatic N) is 2. The van der Waals surface area contributed by atoms with Gasteiger partial charge in [0.2, 0.25) is 0 Å². The molecule has 1 aromatic heterocycles. The lowest BCUT2D eigenvalue weighted by Gasteiger charge is -2.20. The molecule has 8 nitrogen and oxygen atoms in total. The van der Waals surface area contributed by atoms with Crippen LogP contribution in [0.15, 0.2) is 77.6 Å². The SMILES string of the molecule is COC(=O)c1c(-c2ccccc2)c2cc(C(=O)N(C)C)ccc2c(=O)n1Cc1ccc(C(=O)OC(C)(C)C)cc1. The number of amides is 1. The fourth-order valence-corrected chi connectivity index (χ4v) is 4.46. The molecule has 8 heteroatoms. The van der Waals surface area contributed by atoms with Gasteiger partial charge >= 0.3 is 11.9 Å². The van der Waals surface area contributed by atoms with Crippen LogP contribution in [-0.2, 0) is 16.0 Å². The Kier molecular flexibility index (Phi) is 7.91. The van der Waals surface area contributed by atoms with Crippen molar-refractivity contribution in [1.82, 2.24) is 9.47 Å². The van der Waals surface area contributed by atoms with E-state index in [1.807, 2.05) is 30.3 Å². The lowest BCUT2D eigenvalue weighted by Crippen LogP contribution is -2.29. The van der Waals surface area contributed by atoms with Crippen molar-refractivity contribution >= 4 is 28.6 Å². The van der Waals surface area contributed by atoms with E-state index >= 15 is 0 Å². The Balaban J connectivity index is 1.94. The van der Waals surface area contributed by atoms with E-state index in [2.05, 4.69) is 0 Å². The Morgan fingerprint density at radius 1 is 0.825 bits per heavy atom. The second-order valence-electron chi connectivity index (χ2n) is 10.6. The molecule has 0 N–H and O–H groups in total. The van der Waals surface area contributed by atoms with Crippen molar-refractivity contribution in [3.8, 4) is 11.1 Å². The highest BCUT2D eigenvalue weighted by atomic mass is 16.6. The van der Waals surface area contributed by atoms with Crippen molar-refractivity contribution in [2.24, 2.45) is 0 Å². The Labute approximate surface area is 232 Å². The predicted octanol–water partition coefficient (Wildman–Crippen LogP) is 5.16. The summed E-state index contributed by atoms with van der Waals surface area (Å²) in [7, 11) is 4.56. The lowest BCUT2D eigenvalue weighted by molar-refractivity contribution is 0.00692. The van der Waals surface area contributed by atoms with Crippen molar-refractivity contribution in [3.63, 3.8) is 0 Å². The Bertz CT molecular complexity index is 1650. The number of carbonyl (C=O) groups excluding carboxylic acids is 3. The fraction of sp³-hybridized carbons (Fsp3) is 0.250. The van der Waals surface area contributed by atoms with E-state index in [9.17, 15) is 19.2 Å². The highest BCUT2D eigenvalue weighted by molar-refractivity contribution is 6.09. The zero-order valence-electron chi connectivity index (χ0n) is 23.5. The smallest absolute Gasteiger partial charge is 0.355 e. The van der Waals surface area contributed by atoms with Crippen LogP contribution in [0.25, 0.3) is 21.9 Å². The lowest BCUT2D eigenvalue weighted by atomic mass is 9.94. The van der Waals surface area contributed by atoms with Gasteiger partial charge in [0.25, 0.3) is 11.5 Å². The Morgan fingerprint density at radius 2 is 1.45 bits per heavy atom. The van der Waals surface area contributed by atoms with Gasteiger partial charge in [-0.15, -0.1) is 0 Å². The minimum absolute atomic E-state index is 0.0476. The molecular weight excluding hydrogens is 508 g/mol. The van der Waals surface area contributed by atoms with Gasteiger partial charge in [0.15, 0.2) is 0 Å². The van der Waals surface area contributed by atoms with Crippen LogP contribution in [0, 0.1) is 0 Å². The summed E-state index contributed by atoms with van der Waals surface area (Å²) in [5.41, 5.74) is 1.66. The van der Waals surface area contributed by atoms with Gasteiger partial charge in [0, 0.05) is 30.6 Å². The van der Waals surface area contributed by atoms with Gasteiger partial charge in [0.1, 0.15) is 11.3 Å². The number of fused-ring (bicyclic) bond motifs is 1. The summed E-state index contributed by atoms with van der Waals surface area (Å²) in [6, 6.07) is 20.8. The summed E-state index contributed by atoms with van der Waals surface area (Å²) in [5, 5.41) is 0.827. The average Bonchev–Trinajstić information content (AvgIpc) is 2.93. The number of benzene rings is 3. The molecular formula is C32H32N2O6. The summed E-state index contributed by atoms with van der Waals surface area (Å²) in [4.78, 5) is 53.9. The topological polar surface area (TPSA) is 94.9 Å². The maximum Gasteiger partial charge on any atom is 0.355 e. The summed E-state index contributed by atoms with van der Waals surface area (Å²) in [5.74, 6) is -1.37. The number of pyridine rings is 1. The standard InChI is InChI=1S/C32H32N2O6/c1-32(2,3)40-30(37)22-14-12-20(13-15-22)19-34-27(31(38)39-6)26(21-10-8-7-9-11-21)25-18-23(28(35)33(4)5)16-17-24(25)29(34)36/h7-18H,19H2,1-6H3. The van der Waals surface area contributed by atoms with Gasteiger partial charge in [-0.3, -0.25) is 14.2 Å². The molecule has 0 spiro atoms. The van der Waals surface area contributed by atoms with Crippen LogP contribution in [0.3, 0.4) is 0 Å². The van der Waals surface area contributed by atoms with E-state index in [4.69, 9.17) is 9.47 Å². The molecule has 0 unspecified atom stereocenters. The number of hydrogen-bond acceptors (Lipinski definition) is 6. The number of rotatable bonds is 6. The first-order valence-corrected chi connectivity index (χ1v) is 12.8. The maximum absolute atomic E-state index is 13.9. The number of carbonyl (C=O) groups is 3. The summed E-state index contributed by atoms with van der Waals surface area (Å²) in [6.07, 6.45) is 0. The molecule has 1 amide bonds. The molecule has 206 valence electrons. The number of hydrogen-bond donors (Lipinski definition) is 0. The first kappa shape index (κ1) is 28.3. The van der Waals surface area contributed by atoms with E-state index in [-0.39, 0.29) is 18.1 Å². The molecule has 0 saturated carbocycles. The van der Waals surface area contributed by atoms with Crippen LogP contribution < -0.4 is 5.56 Å². The molecule has 3 aromatic carbocycles. The molecule has 0 aliphatic heterocycles. The van der Waals surface area contributed by atoms with E-state index in [0.29, 0.717) is 38.6 Å². The minimum atomic E-state index is -0.687. The van der Waals surface area contributed by atoms with Crippen molar-refractivity contribution in [2.75, 3.05) is 21.2 Å². The molecule has 0 atom stereocenters. The van der Waals surface area contributed by atoms with Crippen LogP contribution in [0.1, 0.15) is 57.5 Å². The number of esters is 2. The third kappa shape index (κ3) is 5.81. The summed E-state index contributed by atoms with van der Waals surface area (Å²) >= 11 is 0. The predicted molar refractivity (Wildman–Crippen MR) is 154 cm³/mol. The number of aromatic nitrogens is 1. The van der Waals surface area contributed by atoms with Gasteiger partial charge in [0.05, 0.1) is 19.2 Å². The van der Waals surface area contributed by atoms with Crippen molar-refractivity contribution in [3.05, 3.63) is 106 Å². The van der Waals surface area contributed by atoms with E-state index in [0.717, 1.165) is 0 Å². The molecule has 0 bridgehead atoms. The van der Waals surface area contributed by atoms with Gasteiger partial charge in [-0.2, -0.15) is 0 Å². The molecule has 4 aromatic rings. The fourth-order valence-electron chi connectivity index (χ4n) is 4.46. The van der Waals surface area contributed by atoms with E-state index in [1.54, 1.807) is 77.3 Å². The largest absolute Gasteiger partial charge is 0.464 e. The summed E-state index contributed by atoms with van der Waals surface area (Å²) in [6.45, 7) is 5.43. The highest BCUT2D eigenvalue weighted by Crippen LogP contribution is 2.32. The van der Waals surface area contributed by atoms with Crippen LogP contribution >= 0.6 is 0 Å². The van der Waals surface area contributed by atoms with Crippen molar-refractivity contribution in [2.45, 2.75) is 32.9 Å². The zero-order chi connectivity index (χ0) is 29.2. The number of methoxy groups -OCH3 is 1. The second-order valence-corrected chi connectivity index (χ2v) is 10.6. The molecule has 1 heterocycles. The maximum atomic E-state index is 13.9. The first-order chi connectivity index (χ1) is 18.9. The van der Waals surface area contributed by atoms with Crippen LogP contribution in [0.4, 0.5) is 0 Å². The van der Waals surface area contributed by atoms with Crippen LogP contribution in [0.2, 0.25) is 0 Å². The zero-order valence-corrected chi connectivity index (χ0v) is 23.5. The molecule has 40 heavy (non-hydrogen) atoms. The van der Waals surface area contributed by atoms with E-state index < -0.39 is 23.1 Å². The molecule has 0 aliphatic rings. The van der Waals surface area contributed by atoms with E-state index in [1.165, 1.54) is 16.6 Å². The van der Waals surface area contributed by atoms with Crippen molar-refractivity contribution in [1.29, 1.82) is 0 Å². The van der Waals surface area contributed by atoms with Gasteiger partial charge in [-0.05, 0) is 67.6 Å². The van der Waals surface area contributed by atoms with Crippen LogP contribution in [0.5, 0.6) is 0 Å². The first-order valence-electron chi connectivity index (χ1n) is 12.8.